The third kappa shape index (κ3) is 2.84. The van der Waals surface area contributed by atoms with Crippen LogP contribution in [0.2, 0.25) is 0 Å². The summed E-state index contributed by atoms with van der Waals surface area (Å²) in [7, 11) is 0. The van der Waals surface area contributed by atoms with Crippen molar-refractivity contribution in [3.8, 4) is 0 Å². The molecule has 2 N–H and O–H groups in total. The molecule has 2 aliphatic rings. The number of nitrogens with one attached hydrogen (secondary N) is 1. The summed E-state index contributed by atoms with van der Waals surface area (Å²) in [5.74, 6) is 0.997. The first-order valence-corrected chi connectivity index (χ1v) is 8.52. The average molecular weight is 342 g/mol. The van der Waals surface area contributed by atoms with Crippen molar-refractivity contribution in [2.45, 2.75) is 38.1 Å². The number of benzene rings is 1. The van der Waals surface area contributed by atoms with Crippen LogP contribution in [0.25, 0.3) is 0 Å². The minimum atomic E-state index is -0.393. The summed E-state index contributed by atoms with van der Waals surface area (Å²) in [5.41, 5.74) is 2.40. The molecule has 130 valence electrons. The number of aliphatic hydroxyl groups is 1. The van der Waals surface area contributed by atoms with Gasteiger partial charge >= 0.3 is 0 Å². The highest BCUT2D eigenvalue weighted by Gasteiger charge is 2.36. The van der Waals surface area contributed by atoms with Gasteiger partial charge in [0.25, 0.3) is 0 Å². The number of ketones is 1. The number of aliphatic hydroxyl groups excluding tert-OH is 1. The highest BCUT2D eigenvalue weighted by atomic mass is 19.1. The largest absolute Gasteiger partial charge is 0.396 e. The van der Waals surface area contributed by atoms with E-state index in [9.17, 15) is 9.18 Å². The Kier molecular flexibility index (Phi) is 4.09. The van der Waals surface area contributed by atoms with Crippen molar-refractivity contribution in [1.82, 2.24) is 14.8 Å². The number of halogens is 1. The molecule has 0 saturated heterocycles. The number of rotatable bonds is 4. The van der Waals surface area contributed by atoms with Gasteiger partial charge in [0.2, 0.25) is 5.95 Å². The fraction of sp³-hybridized carbons (Fsp3) is 0.389. The third-order valence-electron chi connectivity index (χ3n) is 4.66. The predicted octanol–water partition coefficient (Wildman–Crippen LogP) is 2.36. The first-order chi connectivity index (χ1) is 12.2. The maximum absolute atomic E-state index is 13.4. The molecule has 0 saturated carbocycles. The SMILES string of the molecule is O=C1CCCC2=C1C(c1ccc(F)cc1)n1nc(CCCO)nc1N2. The zero-order chi connectivity index (χ0) is 17.4. The number of allylic oxidation sites excluding steroid dienone is 2. The summed E-state index contributed by atoms with van der Waals surface area (Å²) in [6, 6.07) is 5.78. The van der Waals surface area contributed by atoms with Crippen molar-refractivity contribution in [3.63, 3.8) is 0 Å². The van der Waals surface area contributed by atoms with Gasteiger partial charge < -0.3 is 10.4 Å². The van der Waals surface area contributed by atoms with E-state index in [1.807, 2.05) is 0 Å². The van der Waals surface area contributed by atoms with Gasteiger partial charge in [-0.1, -0.05) is 12.1 Å². The fourth-order valence-corrected chi connectivity index (χ4v) is 3.50. The van der Waals surface area contributed by atoms with Crippen LogP contribution in [0.4, 0.5) is 10.3 Å². The van der Waals surface area contributed by atoms with E-state index >= 15 is 0 Å². The van der Waals surface area contributed by atoms with E-state index in [1.54, 1.807) is 16.8 Å². The van der Waals surface area contributed by atoms with E-state index in [1.165, 1.54) is 12.1 Å². The van der Waals surface area contributed by atoms with Crippen molar-refractivity contribution in [2.75, 3.05) is 11.9 Å². The molecule has 7 heteroatoms. The van der Waals surface area contributed by atoms with Crippen LogP contribution < -0.4 is 5.32 Å². The van der Waals surface area contributed by atoms with Crippen LogP contribution in [0.3, 0.4) is 0 Å². The molecule has 0 radical (unpaired) electrons. The van der Waals surface area contributed by atoms with Crippen LogP contribution in [-0.2, 0) is 11.2 Å². The molecule has 1 aromatic heterocycles. The van der Waals surface area contributed by atoms with E-state index < -0.39 is 6.04 Å². The maximum Gasteiger partial charge on any atom is 0.226 e. The first-order valence-electron chi connectivity index (χ1n) is 8.52. The zero-order valence-electron chi connectivity index (χ0n) is 13.7. The smallest absolute Gasteiger partial charge is 0.226 e. The highest BCUT2D eigenvalue weighted by molar-refractivity contribution is 5.99. The molecule has 0 bridgehead atoms. The standard InChI is InChI=1S/C18H19FN4O2/c19-12-8-6-11(7-9-12)17-16-13(3-1-4-14(16)25)20-18-21-15(5-2-10-24)22-23(17)18/h6-9,17,24H,1-5,10H2,(H,20,21,22). The molecular formula is C18H19FN4O2. The van der Waals surface area contributed by atoms with E-state index in [0.717, 1.165) is 24.1 Å². The maximum atomic E-state index is 13.4. The summed E-state index contributed by atoms with van der Waals surface area (Å²) in [6.07, 6.45) is 3.26. The Morgan fingerprint density at radius 2 is 2.08 bits per heavy atom. The Hall–Kier alpha value is -2.54. The molecule has 1 unspecified atom stereocenters. The molecule has 1 aromatic carbocycles. The second-order valence-electron chi connectivity index (χ2n) is 6.37. The molecule has 1 atom stereocenters. The topological polar surface area (TPSA) is 80.0 Å². The number of anilines is 1. The normalized spacial score (nSPS) is 19.4. The van der Waals surface area contributed by atoms with Gasteiger partial charge in [-0.2, -0.15) is 10.1 Å². The Morgan fingerprint density at radius 1 is 1.28 bits per heavy atom. The zero-order valence-corrected chi connectivity index (χ0v) is 13.7. The molecule has 2 heterocycles. The number of hydrogen-bond acceptors (Lipinski definition) is 5. The monoisotopic (exact) mass is 342 g/mol. The van der Waals surface area contributed by atoms with Crippen LogP contribution >= 0.6 is 0 Å². The Balaban J connectivity index is 1.82. The van der Waals surface area contributed by atoms with Gasteiger partial charge in [-0.15, -0.1) is 0 Å². The molecular weight excluding hydrogens is 323 g/mol. The lowest BCUT2D eigenvalue weighted by atomic mass is 9.85. The van der Waals surface area contributed by atoms with Crippen LogP contribution in [0.1, 0.15) is 43.1 Å². The number of fused-ring (bicyclic) bond motifs is 1. The average Bonchev–Trinajstić information content (AvgIpc) is 3.01. The molecule has 0 spiro atoms. The van der Waals surface area contributed by atoms with Gasteiger partial charge in [0.05, 0.1) is 0 Å². The minimum Gasteiger partial charge on any atom is -0.396 e. The van der Waals surface area contributed by atoms with E-state index in [0.29, 0.717) is 36.6 Å². The number of carbonyl (C=O) groups is 1. The second-order valence-corrected chi connectivity index (χ2v) is 6.37. The molecule has 0 amide bonds. The van der Waals surface area contributed by atoms with Crippen molar-refractivity contribution in [1.29, 1.82) is 0 Å². The molecule has 0 fully saturated rings. The number of Topliss-reactive ketones (excluding diaryl/α,β-unsaturated/α-hetero) is 1. The lowest BCUT2D eigenvalue weighted by molar-refractivity contribution is -0.116. The molecule has 6 nitrogen and oxygen atoms in total. The van der Waals surface area contributed by atoms with Gasteiger partial charge in [-0.3, -0.25) is 4.79 Å². The number of aromatic nitrogens is 3. The summed E-state index contributed by atoms with van der Waals surface area (Å²) in [4.78, 5) is 17.1. The molecule has 2 aromatic rings. The van der Waals surface area contributed by atoms with Gasteiger partial charge in [0.1, 0.15) is 11.9 Å². The lowest BCUT2D eigenvalue weighted by Gasteiger charge is -2.32. The van der Waals surface area contributed by atoms with Crippen LogP contribution in [-0.4, -0.2) is 32.3 Å². The molecule has 1 aliphatic carbocycles. The van der Waals surface area contributed by atoms with Crippen molar-refractivity contribution >= 4 is 11.7 Å². The minimum absolute atomic E-state index is 0.0753. The number of aryl methyl sites for hydroxylation is 1. The van der Waals surface area contributed by atoms with Gasteiger partial charge in [0, 0.05) is 30.7 Å². The number of hydrogen-bond donors (Lipinski definition) is 2. The van der Waals surface area contributed by atoms with E-state index in [-0.39, 0.29) is 18.2 Å². The lowest BCUT2D eigenvalue weighted by Crippen LogP contribution is -2.31. The fourth-order valence-electron chi connectivity index (χ4n) is 3.50. The summed E-state index contributed by atoms with van der Waals surface area (Å²) in [6.45, 7) is 0.0753. The quantitative estimate of drug-likeness (QED) is 0.892. The van der Waals surface area contributed by atoms with Crippen LogP contribution in [0, 0.1) is 5.82 Å². The second kappa shape index (κ2) is 6.40. The van der Waals surface area contributed by atoms with Gasteiger partial charge in [-0.25, -0.2) is 9.07 Å². The number of nitrogens with zero attached hydrogens (tertiary/aromatic N) is 3. The Bertz CT molecular complexity index is 841. The summed E-state index contributed by atoms with van der Waals surface area (Å²) >= 11 is 0. The van der Waals surface area contributed by atoms with Gasteiger partial charge in [-0.05, 0) is 37.0 Å². The Labute approximate surface area is 144 Å². The number of carbonyl (C=O) groups excluding carboxylic acids is 1. The van der Waals surface area contributed by atoms with E-state index in [2.05, 4.69) is 15.4 Å². The van der Waals surface area contributed by atoms with E-state index in [4.69, 9.17) is 5.11 Å². The highest BCUT2D eigenvalue weighted by Crippen LogP contribution is 2.39. The van der Waals surface area contributed by atoms with Crippen molar-refractivity contribution in [3.05, 3.63) is 52.7 Å². The molecule has 1 aliphatic heterocycles. The molecule has 4 rings (SSSR count). The van der Waals surface area contributed by atoms with Gasteiger partial charge in [0.15, 0.2) is 11.6 Å². The van der Waals surface area contributed by atoms with Crippen molar-refractivity contribution < 1.29 is 14.3 Å². The Morgan fingerprint density at radius 3 is 2.84 bits per heavy atom. The first kappa shape index (κ1) is 16.0. The predicted molar refractivity (Wildman–Crippen MR) is 89.5 cm³/mol. The van der Waals surface area contributed by atoms with Crippen molar-refractivity contribution in [2.24, 2.45) is 0 Å². The summed E-state index contributed by atoms with van der Waals surface area (Å²) < 4.78 is 15.1. The third-order valence-corrected chi connectivity index (χ3v) is 4.66. The van der Waals surface area contributed by atoms with Crippen LogP contribution in [0.15, 0.2) is 35.5 Å². The summed E-state index contributed by atoms with van der Waals surface area (Å²) in [5, 5.41) is 16.8. The molecule has 25 heavy (non-hydrogen) atoms. The van der Waals surface area contributed by atoms with Crippen LogP contribution in [0.5, 0.6) is 0 Å².